The number of carbonyl (C=O) groups excluding carboxylic acids is 3. The van der Waals surface area contributed by atoms with Crippen molar-refractivity contribution in [3.05, 3.63) is 83.4 Å². The maximum atomic E-state index is 13.8. The Labute approximate surface area is 290 Å². The molecule has 262 valence electrons. The van der Waals surface area contributed by atoms with E-state index in [1.165, 1.54) is 0 Å². The molecule has 0 radical (unpaired) electrons. The van der Waals surface area contributed by atoms with Crippen LogP contribution in [0.2, 0.25) is 0 Å². The van der Waals surface area contributed by atoms with E-state index in [0.717, 1.165) is 40.7 Å². The first-order chi connectivity index (χ1) is 23.8. The summed E-state index contributed by atoms with van der Waals surface area (Å²) in [4.78, 5) is 51.2. The zero-order valence-corrected chi connectivity index (χ0v) is 28.7. The van der Waals surface area contributed by atoms with E-state index in [1.807, 2.05) is 52.0 Å². The van der Waals surface area contributed by atoms with Crippen LogP contribution in [0.3, 0.4) is 0 Å². The highest BCUT2D eigenvalue weighted by molar-refractivity contribution is 5.98. The minimum absolute atomic E-state index is 0.178. The fourth-order valence-electron chi connectivity index (χ4n) is 6.05. The van der Waals surface area contributed by atoms with Crippen molar-refractivity contribution in [1.29, 1.82) is 0 Å². The van der Waals surface area contributed by atoms with Crippen molar-refractivity contribution in [2.75, 3.05) is 11.9 Å². The molecule has 0 aliphatic heterocycles. The Balaban J connectivity index is 1.29. The summed E-state index contributed by atoms with van der Waals surface area (Å²) in [5, 5.41) is 32.1. The molecule has 1 aromatic heterocycles. The van der Waals surface area contributed by atoms with E-state index < -0.39 is 23.7 Å². The van der Waals surface area contributed by atoms with Gasteiger partial charge in [-0.2, -0.15) is 0 Å². The fraction of sp³-hybridized carbons (Fsp3) is 0.378. The number of anilines is 1. The molecule has 1 heterocycles. The molecule has 13 heteroatoms. The van der Waals surface area contributed by atoms with E-state index in [4.69, 9.17) is 4.74 Å². The number of carboxylic acids is 1. The number of alkyl carbamates (subject to hydrolysis) is 1. The van der Waals surface area contributed by atoms with Gasteiger partial charge in [0.15, 0.2) is 5.82 Å². The van der Waals surface area contributed by atoms with Gasteiger partial charge in [-0.05, 0) is 128 Å². The molecule has 4 aromatic rings. The third kappa shape index (κ3) is 9.74. The summed E-state index contributed by atoms with van der Waals surface area (Å²) in [6, 6.07) is 18.6. The molecule has 1 aliphatic rings. The highest BCUT2D eigenvalue weighted by Crippen LogP contribution is 2.30. The summed E-state index contributed by atoms with van der Waals surface area (Å²) in [6.45, 7) is 7.86. The summed E-state index contributed by atoms with van der Waals surface area (Å²) in [7, 11) is 0. The number of aromatic nitrogens is 4. The van der Waals surface area contributed by atoms with Crippen LogP contribution in [0, 0.1) is 18.8 Å². The third-order valence-electron chi connectivity index (χ3n) is 8.72. The Bertz CT molecular complexity index is 1810. The Hall–Kier alpha value is -5.59. The number of nitrogens with zero attached hydrogens (tertiary/aromatic N) is 3. The lowest BCUT2D eigenvalue weighted by molar-refractivity contribution is -0.130. The van der Waals surface area contributed by atoms with Crippen LogP contribution in [-0.2, 0) is 20.7 Å². The van der Waals surface area contributed by atoms with Crippen LogP contribution in [-0.4, -0.2) is 67.8 Å². The SMILES string of the molecule is Cc1ccc(C[C@H](NC(=O)[C@H]2CC[C@H](CNC(=O)OC(C)(C)C)CC2)C(=O)Nc2ccc(-c3nnn[nH]3)cc2)cc1-c1cccc(C(=O)O)c1. The number of tetrazole rings is 1. The smallest absolute Gasteiger partial charge is 0.407 e. The maximum Gasteiger partial charge on any atom is 0.407 e. The predicted octanol–water partition coefficient (Wildman–Crippen LogP) is 5.54. The molecule has 0 unspecified atom stereocenters. The van der Waals surface area contributed by atoms with Crippen LogP contribution in [0.4, 0.5) is 10.5 Å². The summed E-state index contributed by atoms with van der Waals surface area (Å²) in [5.74, 6) is -1.14. The van der Waals surface area contributed by atoms with Crippen molar-refractivity contribution in [1.82, 2.24) is 31.3 Å². The first-order valence-electron chi connectivity index (χ1n) is 16.7. The summed E-state index contributed by atoms with van der Waals surface area (Å²) in [5.41, 5.74) is 4.22. The number of aromatic carboxylic acids is 1. The molecule has 0 saturated heterocycles. The number of aryl methyl sites for hydroxylation is 1. The predicted molar refractivity (Wildman–Crippen MR) is 187 cm³/mol. The summed E-state index contributed by atoms with van der Waals surface area (Å²) >= 11 is 0. The van der Waals surface area contributed by atoms with E-state index in [2.05, 4.69) is 36.6 Å². The van der Waals surface area contributed by atoms with Crippen LogP contribution in [0.5, 0.6) is 0 Å². The van der Waals surface area contributed by atoms with Gasteiger partial charge in [0, 0.05) is 30.1 Å². The Morgan fingerprint density at radius 1 is 0.960 bits per heavy atom. The van der Waals surface area contributed by atoms with E-state index in [9.17, 15) is 24.3 Å². The van der Waals surface area contributed by atoms with Gasteiger partial charge in [-0.15, -0.1) is 5.10 Å². The van der Waals surface area contributed by atoms with Crippen molar-refractivity contribution >= 4 is 29.6 Å². The lowest BCUT2D eigenvalue weighted by Gasteiger charge is -2.29. The standard InChI is InChI=1S/C37H43N7O6/c1-22-8-9-24(18-30(22)27-6-5-7-28(20-27)35(47)48)19-31(34(46)39-29-16-14-25(15-17-29)32-41-43-44-42-32)40-33(45)26-12-10-23(11-13-26)21-38-36(49)50-37(2,3)4/h5-9,14-18,20,23,26,31H,10-13,19,21H2,1-4H3,(H,38,49)(H,39,46)(H,40,45)(H,47,48)(H,41,42,43,44)/t23-,26-,31-/m0/s1. The van der Waals surface area contributed by atoms with Crippen LogP contribution in [0.25, 0.3) is 22.5 Å². The van der Waals surface area contributed by atoms with Crippen LogP contribution in [0.1, 0.15) is 67.9 Å². The van der Waals surface area contributed by atoms with Gasteiger partial charge in [-0.1, -0.05) is 30.3 Å². The van der Waals surface area contributed by atoms with Gasteiger partial charge < -0.3 is 25.8 Å². The number of hydrogen-bond donors (Lipinski definition) is 5. The molecule has 0 bridgehead atoms. The second-order valence-corrected chi connectivity index (χ2v) is 13.7. The monoisotopic (exact) mass is 681 g/mol. The largest absolute Gasteiger partial charge is 0.478 e. The number of benzene rings is 3. The Kier molecular flexibility index (Phi) is 11.2. The first-order valence-corrected chi connectivity index (χ1v) is 16.7. The molecule has 1 saturated carbocycles. The number of nitrogens with one attached hydrogen (secondary N) is 4. The van der Waals surface area contributed by atoms with E-state index in [1.54, 1.807) is 42.5 Å². The zero-order chi connectivity index (χ0) is 35.8. The highest BCUT2D eigenvalue weighted by atomic mass is 16.6. The molecule has 5 rings (SSSR count). The molecular formula is C37H43N7O6. The molecule has 5 N–H and O–H groups in total. The average Bonchev–Trinajstić information content (AvgIpc) is 3.63. The van der Waals surface area contributed by atoms with Gasteiger partial charge in [0.1, 0.15) is 11.6 Å². The number of ether oxygens (including phenoxy) is 1. The van der Waals surface area contributed by atoms with Crippen molar-refractivity contribution in [2.24, 2.45) is 11.8 Å². The van der Waals surface area contributed by atoms with Crippen molar-refractivity contribution in [3.8, 4) is 22.5 Å². The zero-order valence-electron chi connectivity index (χ0n) is 28.7. The minimum atomic E-state index is -1.01. The molecule has 50 heavy (non-hydrogen) atoms. The van der Waals surface area contributed by atoms with Crippen LogP contribution in [0.15, 0.2) is 66.7 Å². The average molecular weight is 682 g/mol. The van der Waals surface area contributed by atoms with Gasteiger partial charge >= 0.3 is 12.1 Å². The lowest BCUT2D eigenvalue weighted by atomic mass is 9.81. The number of carboxylic acid groups (broad SMARTS) is 1. The van der Waals surface area contributed by atoms with Gasteiger partial charge in [-0.25, -0.2) is 14.7 Å². The van der Waals surface area contributed by atoms with Gasteiger partial charge in [-0.3, -0.25) is 9.59 Å². The van der Waals surface area contributed by atoms with Gasteiger partial charge in [0.05, 0.1) is 5.56 Å². The second kappa shape index (κ2) is 15.7. The van der Waals surface area contributed by atoms with E-state index in [0.29, 0.717) is 30.9 Å². The van der Waals surface area contributed by atoms with Gasteiger partial charge in [0.2, 0.25) is 11.8 Å². The van der Waals surface area contributed by atoms with Crippen molar-refractivity contribution in [2.45, 2.75) is 71.4 Å². The van der Waals surface area contributed by atoms with E-state index in [-0.39, 0.29) is 35.6 Å². The topological polar surface area (TPSA) is 188 Å². The van der Waals surface area contributed by atoms with Crippen molar-refractivity contribution in [3.63, 3.8) is 0 Å². The number of H-pyrrole nitrogens is 1. The summed E-state index contributed by atoms with van der Waals surface area (Å²) in [6.07, 6.45) is 2.54. The maximum absolute atomic E-state index is 13.8. The molecule has 3 aromatic carbocycles. The van der Waals surface area contributed by atoms with Crippen molar-refractivity contribution < 1.29 is 29.0 Å². The number of aromatic amines is 1. The van der Waals surface area contributed by atoms with E-state index >= 15 is 0 Å². The molecule has 13 nitrogen and oxygen atoms in total. The van der Waals surface area contributed by atoms with Crippen LogP contribution >= 0.6 is 0 Å². The third-order valence-corrected chi connectivity index (χ3v) is 8.72. The fourth-order valence-corrected chi connectivity index (χ4v) is 6.05. The molecule has 0 spiro atoms. The quantitative estimate of drug-likeness (QED) is 0.135. The molecule has 3 amide bonds. The molecule has 1 aliphatic carbocycles. The lowest BCUT2D eigenvalue weighted by Crippen LogP contribution is -2.48. The Morgan fingerprint density at radius 2 is 1.70 bits per heavy atom. The summed E-state index contributed by atoms with van der Waals surface area (Å²) < 4.78 is 5.34. The normalized spacial score (nSPS) is 16.6. The Morgan fingerprint density at radius 3 is 2.36 bits per heavy atom. The van der Waals surface area contributed by atoms with Gasteiger partial charge in [0.25, 0.3) is 0 Å². The number of rotatable bonds is 11. The molecule has 1 atom stereocenters. The number of carbonyl (C=O) groups is 4. The number of hydrogen-bond acceptors (Lipinski definition) is 8. The molecular weight excluding hydrogens is 638 g/mol. The highest BCUT2D eigenvalue weighted by Gasteiger charge is 2.30. The first kappa shape index (κ1) is 35.7. The second-order valence-electron chi connectivity index (χ2n) is 13.7. The number of amides is 3. The minimum Gasteiger partial charge on any atom is -0.478 e. The molecule has 1 fully saturated rings. The van der Waals surface area contributed by atoms with Crippen LogP contribution < -0.4 is 16.0 Å².